The van der Waals surface area contributed by atoms with Crippen LogP contribution >= 0.6 is 11.6 Å². The van der Waals surface area contributed by atoms with Crippen molar-refractivity contribution < 1.29 is 4.74 Å². The SMILES string of the molecule is CC(C)(C)[C@H]([C@H](Oc1ccc(Cl)cc1)n1cncn1)n1nnnc1[C@H](c1ccccc1)N1CCCCC1. The Balaban J connectivity index is 1.61. The van der Waals surface area contributed by atoms with E-state index in [-0.39, 0.29) is 17.5 Å². The number of hydrogen-bond donors (Lipinski definition) is 0. The highest BCUT2D eigenvalue weighted by Gasteiger charge is 2.42. The van der Waals surface area contributed by atoms with Crippen molar-refractivity contribution in [3.05, 3.63) is 83.7 Å². The van der Waals surface area contributed by atoms with E-state index in [0.29, 0.717) is 10.8 Å². The normalized spacial score (nSPS) is 17.3. The van der Waals surface area contributed by atoms with E-state index in [1.54, 1.807) is 11.0 Å². The van der Waals surface area contributed by atoms with Crippen LogP contribution < -0.4 is 4.74 Å². The van der Waals surface area contributed by atoms with Gasteiger partial charge < -0.3 is 4.74 Å². The Bertz CT molecular complexity index is 1250. The molecule has 0 unspecified atom stereocenters. The molecule has 0 N–H and O–H groups in total. The molecule has 2 aromatic heterocycles. The standard InChI is InChI=1S/C27H33ClN8O/c1-27(2,3)24(26(35-19-29-18-30-35)37-22-14-12-21(28)13-15-22)36-25(31-32-33-36)23(20-10-6-4-7-11-20)34-16-8-5-9-17-34/h4,6-7,10-15,18-19,23-24,26H,5,8-9,16-17H2,1-3H3/t23-,24-,26-/m0/s1. The average Bonchev–Trinajstić information content (AvgIpc) is 3.59. The first-order valence-electron chi connectivity index (χ1n) is 12.7. The zero-order valence-electron chi connectivity index (χ0n) is 21.5. The number of likely N-dealkylation sites (tertiary alicyclic amines) is 1. The largest absolute Gasteiger partial charge is 0.466 e. The molecular weight excluding hydrogens is 488 g/mol. The van der Waals surface area contributed by atoms with Crippen molar-refractivity contribution in [2.24, 2.45) is 5.41 Å². The molecular formula is C27H33ClN8O. The van der Waals surface area contributed by atoms with Crippen LogP contribution in [0.5, 0.6) is 5.75 Å². The molecule has 0 saturated carbocycles. The third-order valence-electron chi connectivity index (χ3n) is 6.82. The summed E-state index contributed by atoms with van der Waals surface area (Å²) >= 11 is 6.13. The Kier molecular flexibility index (Phi) is 7.53. The predicted octanol–water partition coefficient (Wildman–Crippen LogP) is 5.36. The smallest absolute Gasteiger partial charge is 0.215 e. The molecule has 3 atom stereocenters. The summed E-state index contributed by atoms with van der Waals surface area (Å²) in [6.45, 7) is 8.49. The van der Waals surface area contributed by atoms with Gasteiger partial charge in [-0.05, 0) is 71.6 Å². The number of aromatic nitrogens is 7. The number of ether oxygens (including phenoxy) is 1. The molecule has 1 aliphatic heterocycles. The number of hydrogen-bond acceptors (Lipinski definition) is 7. The Morgan fingerprint density at radius 1 is 0.946 bits per heavy atom. The maximum atomic E-state index is 6.58. The van der Waals surface area contributed by atoms with Gasteiger partial charge >= 0.3 is 0 Å². The van der Waals surface area contributed by atoms with E-state index in [9.17, 15) is 0 Å². The van der Waals surface area contributed by atoms with Crippen molar-refractivity contribution in [2.75, 3.05) is 13.1 Å². The average molecular weight is 521 g/mol. The fraction of sp³-hybridized carbons (Fsp3) is 0.444. The van der Waals surface area contributed by atoms with Crippen molar-refractivity contribution in [3.8, 4) is 5.75 Å². The van der Waals surface area contributed by atoms with E-state index in [0.717, 1.165) is 31.8 Å². The van der Waals surface area contributed by atoms with Crippen molar-refractivity contribution in [3.63, 3.8) is 0 Å². The number of halogens is 1. The summed E-state index contributed by atoms with van der Waals surface area (Å²) in [5, 5.41) is 18.5. The second-order valence-electron chi connectivity index (χ2n) is 10.5. The molecule has 0 amide bonds. The van der Waals surface area contributed by atoms with E-state index in [1.807, 2.05) is 35.0 Å². The molecule has 0 radical (unpaired) electrons. The minimum Gasteiger partial charge on any atom is -0.466 e. The van der Waals surface area contributed by atoms with Gasteiger partial charge in [-0.2, -0.15) is 5.10 Å². The van der Waals surface area contributed by atoms with E-state index in [2.05, 4.69) is 75.5 Å². The first kappa shape index (κ1) is 25.4. The molecule has 194 valence electrons. The lowest BCUT2D eigenvalue weighted by Crippen LogP contribution is -2.41. The van der Waals surface area contributed by atoms with Gasteiger partial charge in [-0.25, -0.2) is 14.3 Å². The topological polar surface area (TPSA) is 86.8 Å². The van der Waals surface area contributed by atoms with Crippen LogP contribution in [0, 0.1) is 5.41 Å². The third kappa shape index (κ3) is 5.67. The lowest BCUT2D eigenvalue weighted by Gasteiger charge is -2.39. The number of piperidine rings is 1. The van der Waals surface area contributed by atoms with Gasteiger partial charge in [-0.15, -0.1) is 5.10 Å². The first-order chi connectivity index (χ1) is 17.9. The molecule has 1 saturated heterocycles. The Labute approximate surface area is 222 Å². The number of nitrogens with zero attached hydrogens (tertiary/aromatic N) is 8. The van der Waals surface area contributed by atoms with Crippen LogP contribution in [0.1, 0.15) is 69.7 Å². The minimum atomic E-state index is -0.566. The van der Waals surface area contributed by atoms with Crippen molar-refractivity contribution >= 4 is 11.6 Å². The van der Waals surface area contributed by atoms with Crippen LogP contribution in [0.2, 0.25) is 5.02 Å². The van der Waals surface area contributed by atoms with Crippen LogP contribution in [0.3, 0.4) is 0 Å². The zero-order chi connectivity index (χ0) is 25.8. The van der Waals surface area contributed by atoms with E-state index < -0.39 is 6.23 Å². The van der Waals surface area contributed by atoms with Crippen molar-refractivity contribution in [1.29, 1.82) is 0 Å². The lowest BCUT2D eigenvalue weighted by atomic mass is 9.85. The predicted molar refractivity (Wildman–Crippen MR) is 141 cm³/mol. The van der Waals surface area contributed by atoms with Crippen molar-refractivity contribution in [1.82, 2.24) is 39.9 Å². The minimum absolute atomic E-state index is 0.0757. The molecule has 5 rings (SSSR count). The van der Waals surface area contributed by atoms with Crippen LogP contribution in [0.4, 0.5) is 0 Å². The molecule has 4 aromatic rings. The fourth-order valence-electron chi connectivity index (χ4n) is 5.09. The Hall–Kier alpha value is -3.30. The second-order valence-corrected chi connectivity index (χ2v) is 11.0. The maximum absolute atomic E-state index is 6.58. The van der Waals surface area contributed by atoms with Gasteiger partial charge in [0.1, 0.15) is 24.4 Å². The number of rotatable bonds is 8. The summed E-state index contributed by atoms with van der Waals surface area (Å²) in [5.41, 5.74) is 0.861. The monoisotopic (exact) mass is 520 g/mol. The molecule has 3 heterocycles. The lowest BCUT2D eigenvalue weighted by molar-refractivity contribution is -0.00233. The molecule has 0 spiro atoms. The molecule has 37 heavy (non-hydrogen) atoms. The molecule has 1 fully saturated rings. The van der Waals surface area contributed by atoms with Crippen LogP contribution in [-0.2, 0) is 0 Å². The van der Waals surface area contributed by atoms with Gasteiger partial charge in [0.2, 0.25) is 6.23 Å². The van der Waals surface area contributed by atoms with Gasteiger partial charge in [0, 0.05) is 5.02 Å². The van der Waals surface area contributed by atoms with Crippen LogP contribution in [-0.4, -0.2) is 53.0 Å². The summed E-state index contributed by atoms with van der Waals surface area (Å²) in [6.07, 6.45) is 6.19. The summed E-state index contributed by atoms with van der Waals surface area (Å²) < 4.78 is 10.3. The summed E-state index contributed by atoms with van der Waals surface area (Å²) in [5.74, 6) is 1.46. The van der Waals surface area contributed by atoms with Gasteiger partial charge in [-0.3, -0.25) is 4.90 Å². The first-order valence-corrected chi connectivity index (χ1v) is 13.1. The Morgan fingerprint density at radius 3 is 2.32 bits per heavy atom. The Morgan fingerprint density at radius 2 is 1.68 bits per heavy atom. The van der Waals surface area contributed by atoms with Gasteiger partial charge in [0.05, 0.1) is 6.04 Å². The van der Waals surface area contributed by atoms with E-state index in [1.165, 1.54) is 18.3 Å². The number of tetrazole rings is 1. The molecule has 0 bridgehead atoms. The quantitative estimate of drug-likeness (QED) is 0.309. The maximum Gasteiger partial charge on any atom is 0.215 e. The molecule has 1 aliphatic rings. The van der Waals surface area contributed by atoms with E-state index in [4.69, 9.17) is 16.3 Å². The van der Waals surface area contributed by atoms with Crippen molar-refractivity contribution in [2.45, 2.75) is 58.3 Å². The second kappa shape index (κ2) is 11.0. The van der Waals surface area contributed by atoms with Gasteiger partial charge in [-0.1, -0.05) is 69.1 Å². The molecule has 2 aromatic carbocycles. The van der Waals surface area contributed by atoms with Crippen LogP contribution in [0.15, 0.2) is 67.3 Å². The summed E-state index contributed by atoms with van der Waals surface area (Å²) in [4.78, 5) is 6.70. The van der Waals surface area contributed by atoms with Gasteiger partial charge in [0.15, 0.2) is 5.82 Å². The molecule has 9 nitrogen and oxygen atoms in total. The van der Waals surface area contributed by atoms with Gasteiger partial charge in [0.25, 0.3) is 0 Å². The highest BCUT2D eigenvalue weighted by Crippen LogP contribution is 2.42. The fourth-order valence-corrected chi connectivity index (χ4v) is 5.22. The number of benzene rings is 2. The van der Waals surface area contributed by atoms with Crippen LogP contribution in [0.25, 0.3) is 0 Å². The summed E-state index contributed by atoms with van der Waals surface area (Å²) in [6, 6.07) is 17.4. The highest BCUT2D eigenvalue weighted by molar-refractivity contribution is 6.30. The highest BCUT2D eigenvalue weighted by atomic mass is 35.5. The summed E-state index contributed by atoms with van der Waals surface area (Å²) in [7, 11) is 0. The molecule has 10 heteroatoms. The zero-order valence-corrected chi connectivity index (χ0v) is 22.2. The third-order valence-corrected chi connectivity index (χ3v) is 7.07. The van der Waals surface area contributed by atoms with E-state index >= 15 is 0 Å². The molecule has 0 aliphatic carbocycles.